The van der Waals surface area contributed by atoms with Gasteiger partial charge in [-0.15, -0.1) is 10.2 Å². The van der Waals surface area contributed by atoms with E-state index in [2.05, 4.69) is 10.2 Å². The highest BCUT2D eigenvalue weighted by Crippen LogP contribution is 2.28. The van der Waals surface area contributed by atoms with E-state index in [1.807, 2.05) is 31.2 Å². The minimum Gasteiger partial charge on any atom is -0.477 e. The molecule has 0 aliphatic carbocycles. The van der Waals surface area contributed by atoms with Crippen molar-refractivity contribution in [3.8, 4) is 17.2 Å². The van der Waals surface area contributed by atoms with E-state index in [4.69, 9.17) is 9.15 Å². The van der Waals surface area contributed by atoms with Crippen LogP contribution in [0.5, 0.6) is 5.75 Å². The molecule has 0 spiro atoms. The summed E-state index contributed by atoms with van der Waals surface area (Å²) in [5.41, 5.74) is 2.64. The molecule has 0 fully saturated rings. The normalized spacial score (nSPS) is 10.6. The summed E-state index contributed by atoms with van der Waals surface area (Å²) in [5.74, 6) is 0.799. The summed E-state index contributed by atoms with van der Waals surface area (Å²) in [7, 11) is 0. The Labute approximate surface area is 138 Å². The first kappa shape index (κ1) is 15.7. The van der Waals surface area contributed by atoms with Gasteiger partial charge in [0, 0.05) is 11.6 Å². The average Bonchev–Trinajstić information content (AvgIpc) is 3.03. The van der Waals surface area contributed by atoms with Crippen LogP contribution in [0, 0.1) is 24.0 Å². The Morgan fingerprint density at radius 1 is 1.08 bits per heavy atom. The molecule has 0 radical (unpaired) electrons. The third-order valence-corrected chi connectivity index (χ3v) is 3.43. The molecule has 24 heavy (non-hydrogen) atoms. The van der Waals surface area contributed by atoms with Gasteiger partial charge in [-0.2, -0.15) is 0 Å². The number of benzene rings is 2. The Balaban J connectivity index is 1.74. The summed E-state index contributed by atoms with van der Waals surface area (Å²) in [4.78, 5) is 10.6. The molecule has 0 aliphatic heterocycles. The fraction of sp³-hybridized carbons (Fsp3) is 0.176. The topological polar surface area (TPSA) is 91.3 Å². The van der Waals surface area contributed by atoms with Gasteiger partial charge in [0.1, 0.15) is 0 Å². The van der Waals surface area contributed by atoms with Gasteiger partial charge in [-0.25, -0.2) is 0 Å². The van der Waals surface area contributed by atoms with Crippen LogP contribution in [0.4, 0.5) is 5.69 Å². The highest BCUT2D eigenvalue weighted by Gasteiger charge is 2.16. The highest BCUT2D eigenvalue weighted by atomic mass is 16.6. The van der Waals surface area contributed by atoms with Crippen molar-refractivity contribution < 1.29 is 14.1 Å². The van der Waals surface area contributed by atoms with Crippen molar-refractivity contribution >= 4 is 5.69 Å². The Kier molecular flexibility index (Phi) is 4.24. The number of hydrogen-bond donors (Lipinski definition) is 0. The van der Waals surface area contributed by atoms with Crippen LogP contribution < -0.4 is 4.74 Å². The maximum atomic E-state index is 11.1. The van der Waals surface area contributed by atoms with E-state index in [0.717, 1.165) is 16.7 Å². The molecule has 0 aliphatic rings. The molecule has 7 heteroatoms. The quantitative estimate of drug-likeness (QED) is 0.523. The van der Waals surface area contributed by atoms with Gasteiger partial charge in [0.2, 0.25) is 5.89 Å². The Morgan fingerprint density at radius 3 is 2.50 bits per heavy atom. The Bertz CT molecular complexity index is 872. The molecule has 2 aromatic carbocycles. The number of rotatable bonds is 5. The SMILES string of the molecule is Cc1ccc(-c2nnc(COc3ccc(C)cc3[N+](=O)[O-])o2)cc1. The number of ether oxygens (including phenoxy) is 1. The second kappa shape index (κ2) is 6.49. The van der Waals surface area contributed by atoms with E-state index in [9.17, 15) is 10.1 Å². The zero-order chi connectivity index (χ0) is 17.1. The lowest BCUT2D eigenvalue weighted by Crippen LogP contribution is -1.99. The molecule has 0 saturated heterocycles. The van der Waals surface area contributed by atoms with Crippen molar-refractivity contribution in [1.82, 2.24) is 10.2 Å². The molecule has 0 atom stereocenters. The lowest BCUT2D eigenvalue weighted by Gasteiger charge is -2.04. The van der Waals surface area contributed by atoms with Gasteiger partial charge < -0.3 is 9.15 Å². The van der Waals surface area contributed by atoms with Crippen LogP contribution in [0.1, 0.15) is 17.0 Å². The third kappa shape index (κ3) is 3.40. The zero-order valence-corrected chi connectivity index (χ0v) is 13.2. The first-order chi connectivity index (χ1) is 11.5. The van der Waals surface area contributed by atoms with E-state index in [1.54, 1.807) is 19.1 Å². The van der Waals surface area contributed by atoms with Crippen LogP contribution in [-0.2, 0) is 6.61 Å². The van der Waals surface area contributed by atoms with Gasteiger partial charge in [-0.3, -0.25) is 10.1 Å². The van der Waals surface area contributed by atoms with Crippen molar-refractivity contribution in [2.75, 3.05) is 0 Å². The fourth-order valence-corrected chi connectivity index (χ4v) is 2.16. The van der Waals surface area contributed by atoms with Crippen LogP contribution in [-0.4, -0.2) is 15.1 Å². The molecule has 1 heterocycles. The second-order valence-electron chi connectivity index (χ2n) is 5.38. The Hall–Kier alpha value is -3.22. The van der Waals surface area contributed by atoms with Crippen LogP contribution in [0.3, 0.4) is 0 Å². The minimum absolute atomic E-state index is 0.0389. The van der Waals surface area contributed by atoms with Gasteiger partial charge in [-0.05, 0) is 37.6 Å². The molecular formula is C17H15N3O4. The van der Waals surface area contributed by atoms with Crippen molar-refractivity contribution in [3.63, 3.8) is 0 Å². The summed E-state index contributed by atoms with van der Waals surface area (Å²) in [6, 6.07) is 12.4. The van der Waals surface area contributed by atoms with Crippen molar-refractivity contribution in [2.45, 2.75) is 20.5 Å². The van der Waals surface area contributed by atoms with Crippen LogP contribution in [0.25, 0.3) is 11.5 Å². The number of nitro benzene ring substituents is 1. The van der Waals surface area contributed by atoms with Crippen molar-refractivity contribution in [3.05, 3.63) is 69.6 Å². The van der Waals surface area contributed by atoms with Gasteiger partial charge >= 0.3 is 5.69 Å². The van der Waals surface area contributed by atoms with Gasteiger partial charge in [0.25, 0.3) is 5.89 Å². The summed E-state index contributed by atoms with van der Waals surface area (Å²) in [6.07, 6.45) is 0. The van der Waals surface area contributed by atoms with Gasteiger partial charge in [0.15, 0.2) is 12.4 Å². The summed E-state index contributed by atoms with van der Waals surface area (Å²) in [5, 5.41) is 19.0. The van der Waals surface area contributed by atoms with Crippen molar-refractivity contribution in [1.29, 1.82) is 0 Å². The van der Waals surface area contributed by atoms with E-state index in [1.165, 1.54) is 6.07 Å². The van der Waals surface area contributed by atoms with Crippen LogP contribution >= 0.6 is 0 Å². The molecule has 0 bridgehead atoms. The van der Waals surface area contributed by atoms with E-state index < -0.39 is 4.92 Å². The molecular weight excluding hydrogens is 310 g/mol. The molecule has 0 unspecified atom stereocenters. The first-order valence-corrected chi connectivity index (χ1v) is 7.30. The van der Waals surface area contributed by atoms with E-state index in [-0.39, 0.29) is 23.9 Å². The standard InChI is InChI=1S/C17H15N3O4/c1-11-3-6-13(7-4-11)17-19-18-16(24-17)10-23-15-8-5-12(2)9-14(15)20(21)22/h3-9H,10H2,1-2H3. The molecule has 0 N–H and O–H groups in total. The minimum atomic E-state index is -0.478. The number of nitrogens with zero attached hydrogens (tertiary/aromatic N) is 3. The number of hydrogen-bond acceptors (Lipinski definition) is 6. The summed E-state index contributed by atoms with van der Waals surface area (Å²) in [6.45, 7) is 3.73. The molecule has 122 valence electrons. The van der Waals surface area contributed by atoms with Gasteiger partial charge in [0.05, 0.1) is 4.92 Å². The predicted molar refractivity (Wildman–Crippen MR) is 86.6 cm³/mol. The lowest BCUT2D eigenvalue weighted by atomic mass is 10.1. The maximum Gasteiger partial charge on any atom is 0.311 e. The fourth-order valence-electron chi connectivity index (χ4n) is 2.16. The monoisotopic (exact) mass is 325 g/mol. The maximum absolute atomic E-state index is 11.1. The summed E-state index contributed by atoms with van der Waals surface area (Å²) < 4.78 is 11.0. The lowest BCUT2D eigenvalue weighted by molar-refractivity contribution is -0.386. The van der Waals surface area contributed by atoms with E-state index >= 15 is 0 Å². The second-order valence-corrected chi connectivity index (χ2v) is 5.38. The smallest absolute Gasteiger partial charge is 0.311 e. The third-order valence-electron chi connectivity index (χ3n) is 3.43. The number of nitro groups is 1. The molecule has 0 saturated carbocycles. The number of aryl methyl sites for hydroxylation is 2. The molecule has 3 rings (SSSR count). The molecule has 7 nitrogen and oxygen atoms in total. The Morgan fingerprint density at radius 2 is 1.79 bits per heavy atom. The van der Waals surface area contributed by atoms with Crippen molar-refractivity contribution in [2.24, 2.45) is 0 Å². The highest BCUT2D eigenvalue weighted by molar-refractivity contribution is 5.53. The average molecular weight is 325 g/mol. The molecule has 1 aromatic heterocycles. The van der Waals surface area contributed by atoms with Crippen LogP contribution in [0.2, 0.25) is 0 Å². The zero-order valence-electron chi connectivity index (χ0n) is 13.2. The first-order valence-electron chi connectivity index (χ1n) is 7.30. The van der Waals surface area contributed by atoms with Gasteiger partial charge in [-0.1, -0.05) is 23.8 Å². The number of aromatic nitrogens is 2. The van der Waals surface area contributed by atoms with Crippen LogP contribution in [0.15, 0.2) is 46.9 Å². The van der Waals surface area contributed by atoms with E-state index in [0.29, 0.717) is 5.89 Å². The molecule has 3 aromatic rings. The predicted octanol–water partition coefficient (Wildman–Crippen LogP) is 3.84. The largest absolute Gasteiger partial charge is 0.477 e. The molecule has 0 amide bonds. The summed E-state index contributed by atoms with van der Waals surface area (Å²) >= 11 is 0.